The van der Waals surface area contributed by atoms with Crippen molar-refractivity contribution in [2.24, 2.45) is 0 Å². The van der Waals surface area contributed by atoms with Crippen LogP contribution >= 0.6 is 11.6 Å². The van der Waals surface area contributed by atoms with Crippen LogP contribution < -0.4 is 5.32 Å². The number of rotatable bonds is 4. The first-order valence-electron chi connectivity index (χ1n) is 4.85. The maximum Gasteiger partial charge on any atom is 0.253 e. The van der Waals surface area contributed by atoms with Gasteiger partial charge in [0.25, 0.3) is 5.91 Å². The summed E-state index contributed by atoms with van der Waals surface area (Å²) in [5.74, 6) is -0.249. The number of hydrogen-bond donors (Lipinski definition) is 2. The Bertz CT molecular complexity index is 337. The van der Waals surface area contributed by atoms with Gasteiger partial charge in [-0.15, -0.1) is 0 Å². The van der Waals surface area contributed by atoms with Crippen LogP contribution in [0.15, 0.2) is 24.3 Å². The van der Waals surface area contributed by atoms with E-state index in [2.05, 4.69) is 5.32 Å². The molecule has 1 atom stereocenters. The van der Waals surface area contributed by atoms with Crippen LogP contribution in [-0.4, -0.2) is 23.7 Å². The number of halogens is 1. The summed E-state index contributed by atoms with van der Waals surface area (Å²) in [4.78, 5) is 11.7. The standard InChI is InChI=1S/C11H14ClNO2/c1-2-8(7-14)13-11(15)9-5-3-4-6-10(9)12/h3-6,8,14H,2,7H2,1H3,(H,13,15)/t8-/m0/s1. The van der Waals surface area contributed by atoms with Gasteiger partial charge in [-0.2, -0.15) is 0 Å². The van der Waals surface area contributed by atoms with E-state index < -0.39 is 0 Å². The van der Waals surface area contributed by atoms with Crippen molar-refractivity contribution in [2.75, 3.05) is 6.61 Å². The predicted octanol–water partition coefficient (Wildman–Crippen LogP) is 1.84. The molecule has 0 saturated heterocycles. The molecule has 1 aromatic rings. The zero-order chi connectivity index (χ0) is 11.3. The van der Waals surface area contributed by atoms with E-state index in [1.807, 2.05) is 6.92 Å². The Morgan fingerprint density at radius 3 is 2.73 bits per heavy atom. The average Bonchev–Trinajstić information content (AvgIpc) is 2.26. The van der Waals surface area contributed by atoms with E-state index in [1.54, 1.807) is 24.3 Å². The van der Waals surface area contributed by atoms with E-state index in [0.717, 1.165) is 0 Å². The molecule has 0 spiro atoms. The smallest absolute Gasteiger partial charge is 0.253 e. The van der Waals surface area contributed by atoms with Gasteiger partial charge in [-0.1, -0.05) is 30.7 Å². The SMILES string of the molecule is CC[C@@H](CO)NC(=O)c1ccccc1Cl. The highest BCUT2D eigenvalue weighted by Gasteiger charge is 2.13. The topological polar surface area (TPSA) is 49.3 Å². The first kappa shape index (κ1) is 12.0. The molecular weight excluding hydrogens is 214 g/mol. The lowest BCUT2D eigenvalue weighted by molar-refractivity contribution is 0.0915. The van der Waals surface area contributed by atoms with Crippen LogP contribution in [0.5, 0.6) is 0 Å². The zero-order valence-corrected chi connectivity index (χ0v) is 9.29. The second kappa shape index (κ2) is 5.73. The third-order valence-electron chi connectivity index (χ3n) is 2.17. The molecule has 0 aromatic heterocycles. The largest absolute Gasteiger partial charge is 0.394 e. The molecule has 0 saturated carbocycles. The molecule has 0 unspecified atom stereocenters. The first-order valence-corrected chi connectivity index (χ1v) is 5.23. The summed E-state index contributed by atoms with van der Waals surface area (Å²) >= 11 is 5.87. The fourth-order valence-corrected chi connectivity index (χ4v) is 1.41. The van der Waals surface area contributed by atoms with Crippen molar-refractivity contribution in [3.05, 3.63) is 34.9 Å². The molecule has 0 fully saturated rings. The summed E-state index contributed by atoms with van der Waals surface area (Å²) < 4.78 is 0. The lowest BCUT2D eigenvalue weighted by Gasteiger charge is -2.14. The van der Waals surface area contributed by atoms with Crippen molar-refractivity contribution >= 4 is 17.5 Å². The maximum atomic E-state index is 11.7. The zero-order valence-electron chi connectivity index (χ0n) is 8.53. The van der Waals surface area contributed by atoms with Gasteiger partial charge < -0.3 is 10.4 Å². The van der Waals surface area contributed by atoms with Gasteiger partial charge in [-0.25, -0.2) is 0 Å². The van der Waals surface area contributed by atoms with Crippen LogP contribution in [0, 0.1) is 0 Å². The Hall–Kier alpha value is -1.06. The van der Waals surface area contributed by atoms with E-state index in [9.17, 15) is 4.79 Å². The molecule has 0 aliphatic heterocycles. The van der Waals surface area contributed by atoms with Crippen LogP contribution in [0.1, 0.15) is 23.7 Å². The van der Waals surface area contributed by atoms with Crippen molar-refractivity contribution in [1.82, 2.24) is 5.32 Å². The Morgan fingerprint density at radius 2 is 2.20 bits per heavy atom. The summed E-state index contributed by atoms with van der Waals surface area (Å²) in [7, 11) is 0. The highest BCUT2D eigenvalue weighted by atomic mass is 35.5. The molecule has 15 heavy (non-hydrogen) atoms. The van der Waals surface area contributed by atoms with E-state index in [1.165, 1.54) is 0 Å². The molecule has 82 valence electrons. The number of amides is 1. The Labute approximate surface area is 94.1 Å². The number of carbonyl (C=O) groups excluding carboxylic acids is 1. The molecule has 0 aliphatic carbocycles. The van der Waals surface area contributed by atoms with Crippen molar-refractivity contribution in [3.8, 4) is 0 Å². The number of nitrogens with one attached hydrogen (secondary N) is 1. The van der Waals surface area contributed by atoms with Crippen molar-refractivity contribution in [2.45, 2.75) is 19.4 Å². The fourth-order valence-electron chi connectivity index (χ4n) is 1.19. The minimum atomic E-state index is -0.249. The van der Waals surface area contributed by atoms with E-state index in [0.29, 0.717) is 17.0 Å². The van der Waals surface area contributed by atoms with Crippen LogP contribution in [0.3, 0.4) is 0 Å². The summed E-state index contributed by atoms with van der Waals surface area (Å²) in [6.45, 7) is 1.83. The number of carbonyl (C=O) groups is 1. The molecule has 3 nitrogen and oxygen atoms in total. The van der Waals surface area contributed by atoms with Gasteiger partial charge in [0.1, 0.15) is 0 Å². The first-order chi connectivity index (χ1) is 7.19. The molecule has 0 aliphatic rings. The highest BCUT2D eigenvalue weighted by Crippen LogP contribution is 2.14. The molecule has 1 aromatic carbocycles. The Kier molecular flexibility index (Phi) is 4.59. The molecule has 1 rings (SSSR count). The van der Waals surface area contributed by atoms with Crippen LogP contribution in [0.4, 0.5) is 0 Å². The minimum absolute atomic E-state index is 0.0628. The third kappa shape index (κ3) is 3.22. The summed E-state index contributed by atoms with van der Waals surface area (Å²) in [6.07, 6.45) is 0.687. The number of aliphatic hydroxyl groups is 1. The molecule has 1 amide bonds. The molecule has 4 heteroatoms. The monoisotopic (exact) mass is 227 g/mol. The molecular formula is C11H14ClNO2. The quantitative estimate of drug-likeness (QED) is 0.825. The lowest BCUT2D eigenvalue weighted by Crippen LogP contribution is -2.37. The van der Waals surface area contributed by atoms with E-state index in [4.69, 9.17) is 16.7 Å². The van der Waals surface area contributed by atoms with Gasteiger partial charge in [-0.05, 0) is 18.6 Å². The molecule has 0 bridgehead atoms. The Morgan fingerprint density at radius 1 is 1.53 bits per heavy atom. The molecule has 2 N–H and O–H groups in total. The van der Waals surface area contributed by atoms with Gasteiger partial charge in [-0.3, -0.25) is 4.79 Å². The highest BCUT2D eigenvalue weighted by molar-refractivity contribution is 6.33. The molecule has 0 radical (unpaired) electrons. The number of hydrogen-bond acceptors (Lipinski definition) is 2. The second-order valence-electron chi connectivity index (χ2n) is 3.24. The van der Waals surface area contributed by atoms with Gasteiger partial charge in [0, 0.05) is 0 Å². The second-order valence-corrected chi connectivity index (χ2v) is 3.65. The number of aliphatic hydroxyl groups excluding tert-OH is 1. The summed E-state index contributed by atoms with van der Waals surface area (Å²) in [5, 5.41) is 12.1. The third-order valence-corrected chi connectivity index (χ3v) is 2.50. The van der Waals surface area contributed by atoms with E-state index >= 15 is 0 Å². The lowest BCUT2D eigenvalue weighted by atomic mass is 10.2. The van der Waals surface area contributed by atoms with Gasteiger partial charge >= 0.3 is 0 Å². The summed E-state index contributed by atoms with van der Waals surface area (Å²) in [6, 6.07) is 6.62. The van der Waals surface area contributed by atoms with Crippen LogP contribution in [0.2, 0.25) is 5.02 Å². The van der Waals surface area contributed by atoms with Crippen LogP contribution in [0.25, 0.3) is 0 Å². The minimum Gasteiger partial charge on any atom is -0.394 e. The van der Waals surface area contributed by atoms with Gasteiger partial charge in [0.15, 0.2) is 0 Å². The fraction of sp³-hybridized carbons (Fsp3) is 0.364. The van der Waals surface area contributed by atoms with Crippen molar-refractivity contribution in [1.29, 1.82) is 0 Å². The van der Waals surface area contributed by atoms with E-state index in [-0.39, 0.29) is 18.6 Å². The average molecular weight is 228 g/mol. The predicted molar refractivity (Wildman–Crippen MR) is 60.1 cm³/mol. The van der Waals surface area contributed by atoms with Gasteiger partial charge in [0.2, 0.25) is 0 Å². The number of benzene rings is 1. The maximum absolute atomic E-state index is 11.7. The normalized spacial score (nSPS) is 12.2. The summed E-state index contributed by atoms with van der Waals surface area (Å²) in [5.41, 5.74) is 0.436. The van der Waals surface area contributed by atoms with Crippen molar-refractivity contribution < 1.29 is 9.90 Å². The van der Waals surface area contributed by atoms with Crippen molar-refractivity contribution in [3.63, 3.8) is 0 Å². The molecule has 0 heterocycles. The van der Waals surface area contributed by atoms with Gasteiger partial charge in [0.05, 0.1) is 23.2 Å². The Balaban J connectivity index is 2.73. The van der Waals surface area contributed by atoms with Crippen LogP contribution in [-0.2, 0) is 0 Å².